The zero-order chi connectivity index (χ0) is 27.1. The molecule has 37 heavy (non-hydrogen) atoms. The van der Waals surface area contributed by atoms with Gasteiger partial charge in [-0.05, 0) is 38.0 Å². The Morgan fingerprint density at radius 1 is 0.892 bits per heavy atom. The van der Waals surface area contributed by atoms with Gasteiger partial charge in [0.25, 0.3) is 11.4 Å². The largest absolute Gasteiger partial charge is 0.344 e. The normalized spacial score (nSPS) is 18.5. The van der Waals surface area contributed by atoms with Crippen LogP contribution in [0.25, 0.3) is 0 Å². The molecule has 0 amide bonds. The Labute approximate surface area is 217 Å². The minimum Gasteiger partial charge on any atom is -0.344 e. The Balaban J connectivity index is 1.77. The zero-order valence-corrected chi connectivity index (χ0v) is 22.4. The van der Waals surface area contributed by atoms with Gasteiger partial charge in [-0.1, -0.05) is 33.8 Å². The topological polar surface area (TPSA) is 92.5 Å². The first-order chi connectivity index (χ1) is 17.4. The molecule has 194 valence electrons. The van der Waals surface area contributed by atoms with Crippen molar-refractivity contribution in [1.29, 1.82) is 0 Å². The number of nitro benzene ring substituents is 2. The lowest BCUT2D eigenvalue weighted by molar-refractivity contribution is -0.437. The number of non-ortho nitro benzene ring substituents is 2. The number of hydrogen-bond acceptors (Lipinski definition) is 5. The molecule has 0 atom stereocenters. The van der Waals surface area contributed by atoms with E-state index in [2.05, 4.69) is 69.2 Å². The molecule has 8 heteroatoms. The van der Waals surface area contributed by atoms with Gasteiger partial charge in [-0.3, -0.25) is 20.2 Å². The Hall–Kier alpha value is -3.81. The van der Waals surface area contributed by atoms with Crippen molar-refractivity contribution in [3.8, 4) is 0 Å². The molecule has 0 radical (unpaired) electrons. The van der Waals surface area contributed by atoms with E-state index in [1.165, 1.54) is 0 Å². The first kappa shape index (κ1) is 26.3. The third-order valence-corrected chi connectivity index (χ3v) is 7.58. The van der Waals surface area contributed by atoms with E-state index in [1.54, 1.807) is 24.3 Å². The highest BCUT2D eigenvalue weighted by atomic mass is 16.6. The molecule has 0 bridgehead atoms. The van der Waals surface area contributed by atoms with Gasteiger partial charge in [-0.2, -0.15) is 4.58 Å². The number of hydrogen-bond donors (Lipinski definition) is 0. The fraction of sp³-hybridized carbons (Fsp3) is 0.414. The van der Waals surface area contributed by atoms with Crippen molar-refractivity contribution < 1.29 is 14.4 Å². The van der Waals surface area contributed by atoms with Crippen molar-refractivity contribution in [3.63, 3.8) is 0 Å². The predicted molar refractivity (Wildman–Crippen MR) is 147 cm³/mol. The molecule has 4 rings (SSSR count). The molecule has 0 spiro atoms. The van der Waals surface area contributed by atoms with E-state index < -0.39 is 10.8 Å². The van der Waals surface area contributed by atoms with E-state index in [4.69, 9.17) is 0 Å². The van der Waals surface area contributed by atoms with Crippen LogP contribution >= 0.6 is 0 Å². The summed E-state index contributed by atoms with van der Waals surface area (Å²) < 4.78 is 2.26. The van der Waals surface area contributed by atoms with Crippen LogP contribution in [0.4, 0.5) is 22.7 Å². The van der Waals surface area contributed by atoms with E-state index >= 15 is 0 Å². The average Bonchev–Trinajstić information content (AvgIpc) is 3.18. The fourth-order valence-electron chi connectivity index (χ4n) is 5.71. The van der Waals surface area contributed by atoms with Crippen LogP contribution in [0.15, 0.2) is 60.3 Å². The molecular formula is C29H35N4O4+. The Morgan fingerprint density at radius 2 is 1.51 bits per heavy atom. The highest BCUT2D eigenvalue weighted by Crippen LogP contribution is 2.49. The van der Waals surface area contributed by atoms with E-state index in [0.29, 0.717) is 0 Å². The molecule has 0 N–H and O–H groups in total. The molecule has 0 aliphatic carbocycles. The smallest absolute Gasteiger partial charge is 0.270 e. The number of benzene rings is 2. The van der Waals surface area contributed by atoms with Crippen LogP contribution < -0.4 is 4.90 Å². The number of allylic oxidation sites excluding steroid dienone is 4. The molecule has 2 aromatic carbocycles. The lowest BCUT2D eigenvalue weighted by atomic mass is 9.81. The van der Waals surface area contributed by atoms with Gasteiger partial charge in [0.15, 0.2) is 5.71 Å². The van der Waals surface area contributed by atoms with Crippen molar-refractivity contribution in [1.82, 2.24) is 0 Å². The zero-order valence-electron chi connectivity index (χ0n) is 22.4. The summed E-state index contributed by atoms with van der Waals surface area (Å²) in [5, 5.41) is 22.9. The maximum absolute atomic E-state index is 11.4. The second-order valence-corrected chi connectivity index (χ2v) is 10.8. The monoisotopic (exact) mass is 503 g/mol. The summed E-state index contributed by atoms with van der Waals surface area (Å²) in [5.74, 6) is 0. The van der Waals surface area contributed by atoms with Gasteiger partial charge in [0.05, 0.1) is 15.3 Å². The van der Waals surface area contributed by atoms with Gasteiger partial charge >= 0.3 is 0 Å². The van der Waals surface area contributed by atoms with Gasteiger partial charge in [0, 0.05) is 71.7 Å². The van der Waals surface area contributed by atoms with Crippen LogP contribution in [0.2, 0.25) is 0 Å². The first-order valence-corrected chi connectivity index (χ1v) is 12.8. The first-order valence-electron chi connectivity index (χ1n) is 12.8. The lowest BCUT2D eigenvalue weighted by Gasteiger charge is -2.26. The lowest BCUT2D eigenvalue weighted by Crippen LogP contribution is -2.28. The second-order valence-electron chi connectivity index (χ2n) is 10.8. The molecule has 2 heterocycles. The van der Waals surface area contributed by atoms with Crippen LogP contribution in [0.3, 0.4) is 0 Å². The molecule has 0 aromatic heterocycles. The maximum Gasteiger partial charge on any atom is 0.270 e. The molecule has 0 saturated heterocycles. The van der Waals surface area contributed by atoms with Crippen LogP contribution in [0, 0.1) is 20.2 Å². The standard InChI is InChI=1S/C29H35N4O4/c1-7-16-30-24-14-12-20(32(34)35)18-22(24)28(3,4)26(30)10-9-11-27-29(5,6)23-19-21(33(36)37)13-15-25(23)31(27)17-8-2/h9-15,18-19H,7-8,16-17H2,1-6H3/q+1. The van der Waals surface area contributed by atoms with E-state index in [9.17, 15) is 20.2 Å². The average molecular weight is 504 g/mol. The summed E-state index contributed by atoms with van der Waals surface area (Å²) >= 11 is 0. The van der Waals surface area contributed by atoms with Gasteiger partial charge < -0.3 is 4.90 Å². The third-order valence-electron chi connectivity index (χ3n) is 7.58. The Morgan fingerprint density at radius 3 is 2.11 bits per heavy atom. The van der Waals surface area contributed by atoms with Crippen molar-refractivity contribution in [2.24, 2.45) is 0 Å². The van der Waals surface area contributed by atoms with Crippen LogP contribution in [0.5, 0.6) is 0 Å². The van der Waals surface area contributed by atoms with E-state index in [0.717, 1.165) is 59.8 Å². The summed E-state index contributed by atoms with van der Waals surface area (Å²) in [4.78, 5) is 24.5. The minimum atomic E-state index is -0.399. The molecule has 2 aliphatic heterocycles. The maximum atomic E-state index is 11.4. The summed E-state index contributed by atoms with van der Waals surface area (Å²) in [6, 6.07) is 10.3. The van der Waals surface area contributed by atoms with Gasteiger partial charge in [-0.25, -0.2) is 0 Å². The number of nitro groups is 2. The summed E-state index contributed by atoms with van der Waals surface area (Å²) in [6.07, 6.45) is 8.16. The molecule has 2 aliphatic rings. The van der Waals surface area contributed by atoms with Crippen molar-refractivity contribution in [2.45, 2.75) is 65.2 Å². The molecule has 0 saturated carbocycles. The number of rotatable bonds is 8. The van der Waals surface area contributed by atoms with Crippen LogP contribution in [-0.4, -0.2) is 33.2 Å². The summed E-state index contributed by atoms with van der Waals surface area (Å²) in [5.41, 5.74) is 5.52. The van der Waals surface area contributed by atoms with Crippen LogP contribution in [-0.2, 0) is 10.8 Å². The second kappa shape index (κ2) is 9.57. The minimum absolute atomic E-state index is 0.102. The Kier molecular flexibility index (Phi) is 6.79. The summed E-state index contributed by atoms with van der Waals surface area (Å²) in [7, 11) is 0. The molecule has 0 fully saturated rings. The van der Waals surface area contributed by atoms with E-state index in [1.807, 2.05) is 12.1 Å². The van der Waals surface area contributed by atoms with Gasteiger partial charge in [-0.15, -0.1) is 0 Å². The molecule has 2 aromatic rings. The Bertz CT molecular complexity index is 1370. The number of anilines is 1. The number of nitrogens with zero attached hydrogens (tertiary/aromatic N) is 4. The highest BCUT2D eigenvalue weighted by Gasteiger charge is 2.45. The van der Waals surface area contributed by atoms with Crippen molar-refractivity contribution in [3.05, 3.63) is 91.7 Å². The van der Waals surface area contributed by atoms with Crippen molar-refractivity contribution >= 4 is 28.5 Å². The predicted octanol–water partition coefficient (Wildman–Crippen LogP) is 6.94. The highest BCUT2D eigenvalue weighted by molar-refractivity contribution is 6.03. The SMILES string of the molecule is CCCN1C(=CC=CC2=[N+](CCC)c3ccc([N+](=O)[O-])cc3C2(C)C)C(C)(C)c2cc([N+](=O)[O-])ccc21. The number of fused-ring (bicyclic) bond motifs is 2. The molecular weight excluding hydrogens is 468 g/mol. The molecule has 0 unspecified atom stereocenters. The fourth-order valence-corrected chi connectivity index (χ4v) is 5.71. The van der Waals surface area contributed by atoms with E-state index in [-0.39, 0.29) is 21.2 Å². The third kappa shape index (κ3) is 4.34. The van der Waals surface area contributed by atoms with Gasteiger partial charge in [0.2, 0.25) is 5.69 Å². The van der Waals surface area contributed by atoms with Crippen molar-refractivity contribution in [2.75, 3.05) is 18.0 Å². The van der Waals surface area contributed by atoms with Crippen LogP contribution in [0.1, 0.15) is 65.5 Å². The quantitative estimate of drug-likeness (QED) is 0.221. The molecule has 8 nitrogen and oxygen atoms in total. The summed E-state index contributed by atoms with van der Waals surface area (Å²) in [6.45, 7) is 14.3. The van der Waals surface area contributed by atoms with Gasteiger partial charge in [0.1, 0.15) is 6.54 Å².